The first-order chi connectivity index (χ1) is 10.1. The standard InChI is InChI=1S/C18H25NO2/c1-4-12-5-7-13(8-6-12)16-10-15-9-14(11-19(15)2)17(16)18(20)21-3/h5-8,14-17H,4,9-11H2,1-3H3/t14?,15-,16?,17?/m1/s1. The van der Waals surface area contributed by atoms with E-state index in [1.807, 2.05) is 0 Å². The van der Waals surface area contributed by atoms with Gasteiger partial charge >= 0.3 is 5.97 Å². The van der Waals surface area contributed by atoms with E-state index in [-0.39, 0.29) is 11.9 Å². The molecule has 114 valence electrons. The number of rotatable bonds is 3. The van der Waals surface area contributed by atoms with Gasteiger partial charge < -0.3 is 9.64 Å². The van der Waals surface area contributed by atoms with E-state index in [0.29, 0.717) is 17.9 Å². The summed E-state index contributed by atoms with van der Waals surface area (Å²) < 4.78 is 5.11. The van der Waals surface area contributed by atoms with E-state index in [1.165, 1.54) is 18.2 Å². The number of likely N-dealkylation sites (tertiary alicyclic amines) is 1. The van der Waals surface area contributed by atoms with Crippen molar-refractivity contribution in [2.75, 3.05) is 20.7 Å². The highest BCUT2D eigenvalue weighted by Crippen LogP contribution is 2.47. The van der Waals surface area contributed by atoms with E-state index in [0.717, 1.165) is 25.8 Å². The van der Waals surface area contributed by atoms with Crippen molar-refractivity contribution in [1.82, 2.24) is 4.90 Å². The summed E-state index contributed by atoms with van der Waals surface area (Å²) in [5, 5.41) is 0. The first-order valence-corrected chi connectivity index (χ1v) is 8.01. The summed E-state index contributed by atoms with van der Waals surface area (Å²) in [5.74, 6) is 0.733. The molecule has 1 aliphatic carbocycles. The van der Waals surface area contributed by atoms with Gasteiger partial charge in [0, 0.05) is 12.6 Å². The second-order valence-corrected chi connectivity index (χ2v) is 6.58. The number of carbonyl (C=O) groups excluding carboxylic acids is 1. The molecular weight excluding hydrogens is 262 g/mol. The molecule has 0 radical (unpaired) electrons. The Hall–Kier alpha value is -1.35. The van der Waals surface area contributed by atoms with Crippen molar-refractivity contribution in [3.8, 4) is 0 Å². The van der Waals surface area contributed by atoms with Gasteiger partial charge in [-0.15, -0.1) is 0 Å². The van der Waals surface area contributed by atoms with Gasteiger partial charge in [-0.05, 0) is 49.3 Å². The minimum atomic E-state index is -0.0293. The summed E-state index contributed by atoms with van der Waals surface area (Å²) in [6.45, 7) is 3.19. The van der Waals surface area contributed by atoms with Crippen molar-refractivity contribution in [2.45, 2.75) is 38.1 Å². The lowest BCUT2D eigenvalue weighted by Crippen LogP contribution is -2.36. The maximum Gasteiger partial charge on any atom is 0.309 e. The zero-order valence-electron chi connectivity index (χ0n) is 13.2. The normalized spacial score (nSPS) is 32.1. The quantitative estimate of drug-likeness (QED) is 0.801. The Morgan fingerprint density at radius 2 is 2.00 bits per heavy atom. The average molecular weight is 287 g/mol. The van der Waals surface area contributed by atoms with Gasteiger partial charge in [-0.1, -0.05) is 31.2 Å². The Kier molecular flexibility index (Phi) is 4.03. The highest BCUT2D eigenvalue weighted by molar-refractivity contribution is 5.74. The second kappa shape index (κ2) is 5.80. The Morgan fingerprint density at radius 1 is 1.29 bits per heavy atom. The monoisotopic (exact) mass is 287 g/mol. The van der Waals surface area contributed by atoms with E-state index < -0.39 is 0 Å². The molecule has 1 aromatic carbocycles. The van der Waals surface area contributed by atoms with Crippen LogP contribution in [0.4, 0.5) is 0 Å². The van der Waals surface area contributed by atoms with Crippen LogP contribution in [0.15, 0.2) is 24.3 Å². The van der Waals surface area contributed by atoms with Crippen LogP contribution in [0.5, 0.6) is 0 Å². The van der Waals surface area contributed by atoms with Crippen molar-refractivity contribution in [3.05, 3.63) is 35.4 Å². The Labute approximate surface area is 127 Å². The molecule has 4 atom stereocenters. The molecule has 2 aliphatic rings. The van der Waals surface area contributed by atoms with Gasteiger partial charge in [0.25, 0.3) is 0 Å². The molecule has 3 rings (SSSR count). The average Bonchev–Trinajstić information content (AvgIpc) is 2.81. The minimum absolute atomic E-state index is 0.0173. The third-order valence-corrected chi connectivity index (χ3v) is 5.48. The number of esters is 1. The molecular formula is C18H25NO2. The molecule has 1 aromatic rings. The zero-order chi connectivity index (χ0) is 15.0. The topological polar surface area (TPSA) is 29.5 Å². The van der Waals surface area contributed by atoms with Crippen LogP contribution >= 0.6 is 0 Å². The molecule has 2 fully saturated rings. The molecule has 1 saturated carbocycles. The van der Waals surface area contributed by atoms with Crippen LogP contribution in [0, 0.1) is 11.8 Å². The summed E-state index contributed by atoms with van der Waals surface area (Å²) in [4.78, 5) is 14.7. The predicted octanol–water partition coefficient (Wildman–Crippen LogP) is 2.85. The van der Waals surface area contributed by atoms with Crippen LogP contribution in [-0.4, -0.2) is 37.6 Å². The smallest absolute Gasteiger partial charge is 0.309 e. The summed E-state index contributed by atoms with van der Waals surface area (Å²) in [5.41, 5.74) is 2.65. The van der Waals surface area contributed by atoms with Gasteiger partial charge in [0.05, 0.1) is 13.0 Å². The largest absolute Gasteiger partial charge is 0.469 e. The molecule has 0 spiro atoms. The van der Waals surface area contributed by atoms with Gasteiger partial charge in [-0.2, -0.15) is 0 Å². The maximum absolute atomic E-state index is 12.3. The SMILES string of the molecule is CCc1ccc(C2C[C@H]3CC(CN3C)C2C(=O)OC)cc1. The number of hydrogen-bond acceptors (Lipinski definition) is 3. The Bertz CT molecular complexity index is 508. The van der Waals surface area contributed by atoms with Gasteiger partial charge in [0.2, 0.25) is 0 Å². The molecule has 2 bridgehead atoms. The first kappa shape index (κ1) is 14.6. The van der Waals surface area contributed by atoms with Gasteiger partial charge in [0.1, 0.15) is 0 Å². The molecule has 0 aromatic heterocycles. The fourth-order valence-corrected chi connectivity index (χ4v) is 4.26. The van der Waals surface area contributed by atoms with E-state index in [2.05, 4.69) is 43.1 Å². The van der Waals surface area contributed by atoms with Crippen molar-refractivity contribution >= 4 is 5.97 Å². The number of carbonyl (C=O) groups is 1. The second-order valence-electron chi connectivity index (χ2n) is 6.58. The molecule has 3 nitrogen and oxygen atoms in total. The third-order valence-electron chi connectivity index (χ3n) is 5.48. The van der Waals surface area contributed by atoms with Crippen LogP contribution in [-0.2, 0) is 16.0 Å². The van der Waals surface area contributed by atoms with Crippen molar-refractivity contribution in [3.63, 3.8) is 0 Å². The van der Waals surface area contributed by atoms with E-state index >= 15 is 0 Å². The molecule has 0 N–H and O–H groups in total. The van der Waals surface area contributed by atoms with E-state index in [1.54, 1.807) is 0 Å². The molecule has 0 amide bonds. The highest BCUT2D eigenvalue weighted by atomic mass is 16.5. The van der Waals surface area contributed by atoms with E-state index in [9.17, 15) is 4.79 Å². The Morgan fingerprint density at radius 3 is 2.62 bits per heavy atom. The fraction of sp³-hybridized carbons (Fsp3) is 0.611. The van der Waals surface area contributed by atoms with Crippen LogP contribution in [0.2, 0.25) is 0 Å². The molecule has 21 heavy (non-hydrogen) atoms. The number of nitrogens with zero attached hydrogens (tertiary/aromatic N) is 1. The molecule has 1 heterocycles. The Balaban J connectivity index is 1.91. The van der Waals surface area contributed by atoms with Crippen molar-refractivity contribution in [1.29, 1.82) is 0 Å². The lowest BCUT2D eigenvalue weighted by molar-refractivity contribution is -0.148. The number of methoxy groups -OCH3 is 1. The van der Waals surface area contributed by atoms with Crippen LogP contribution in [0.1, 0.15) is 36.8 Å². The lowest BCUT2D eigenvalue weighted by Gasteiger charge is -2.35. The summed E-state index contributed by atoms with van der Waals surface area (Å²) in [6.07, 6.45) is 3.26. The highest BCUT2D eigenvalue weighted by Gasteiger charge is 2.48. The predicted molar refractivity (Wildman–Crippen MR) is 83.2 cm³/mol. The van der Waals surface area contributed by atoms with Crippen LogP contribution < -0.4 is 0 Å². The first-order valence-electron chi connectivity index (χ1n) is 8.01. The number of hydrogen-bond donors (Lipinski definition) is 0. The summed E-state index contributed by atoms with van der Waals surface area (Å²) in [7, 11) is 3.70. The van der Waals surface area contributed by atoms with Crippen molar-refractivity contribution < 1.29 is 9.53 Å². The number of aryl methyl sites for hydroxylation is 1. The number of fused-ring (bicyclic) bond motifs is 2. The molecule has 1 saturated heterocycles. The maximum atomic E-state index is 12.3. The fourth-order valence-electron chi connectivity index (χ4n) is 4.26. The third kappa shape index (κ3) is 2.59. The molecule has 3 unspecified atom stereocenters. The van der Waals surface area contributed by atoms with Crippen molar-refractivity contribution in [2.24, 2.45) is 11.8 Å². The molecule has 1 aliphatic heterocycles. The minimum Gasteiger partial charge on any atom is -0.469 e. The van der Waals surface area contributed by atoms with E-state index in [4.69, 9.17) is 4.74 Å². The molecule has 3 heteroatoms. The van der Waals surface area contributed by atoms with Gasteiger partial charge in [0.15, 0.2) is 0 Å². The van der Waals surface area contributed by atoms with Crippen LogP contribution in [0.25, 0.3) is 0 Å². The number of benzene rings is 1. The van der Waals surface area contributed by atoms with Gasteiger partial charge in [-0.3, -0.25) is 4.79 Å². The van der Waals surface area contributed by atoms with Gasteiger partial charge in [-0.25, -0.2) is 0 Å². The number of ether oxygens (including phenoxy) is 1. The van der Waals surface area contributed by atoms with Crippen LogP contribution in [0.3, 0.4) is 0 Å². The lowest BCUT2D eigenvalue weighted by atomic mass is 9.70. The zero-order valence-corrected chi connectivity index (χ0v) is 13.2. The summed E-state index contributed by atoms with van der Waals surface area (Å²) in [6, 6.07) is 9.44. The summed E-state index contributed by atoms with van der Waals surface area (Å²) >= 11 is 0.